The fourth-order valence-corrected chi connectivity index (χ4v) is 3.16. The van der Waals surface area contributed by atoms with Crippen molar-refractivity contribution in [2.24, 2.45) is 21.5 Å². The van der Waals surface area contributed by atoms with Gasteiger partial charge in [0.1, 0.15) is 17.2 Å². The average Bonchev–Trinajstić information content (AvgIpc) is 2.85. The van der Waals surface area contributed by atoms with E-state index in [1.54, 1.807) is 37.3 Å². The second-order valence-corrected chi connectivity index (χ2v) is 7.09. The van der Waals surface area contributed by atoms with Gasteiger partial charge in [-0.3, -0.25) is 0 Å². The van der Waals surface area contributed by atoms with E-state index in [4.69, 9.17) is 16.2 Å². The van der Waals surface area contributed by atoms with Gasteiger partial charge in [-0.05, 0) is 38.0 Å². The van der Waals surface area contributed by atoms with Gasteiger partial charge in [0.05, 0.1) is 17.8 Å². The molecule has 3 aromatic rings. The van der Waals surface area contributed by atoms with Gasteiger partial charge in [0.15, 0.2) is 0 Å². The molecule has 0 saturated carbocycles. The zero-order valence-electron chi connectivity index (χ0n) is 20.7. The van der Waals surface area contributed by atoms with E-state index in [0.717, 1.165) is 23.0 Å². The molecule has 0 radical (unpaired) electrons. The number of carbonyl (C=O) groups excluding carboxylic acids is 1. The predicted octanol–water partition coefficient (Wildman–Crippen LogP) is 4.36. The number of nitrogens with two attached hydrogens (primary N) is 2. The third kappa shape index (κ3) is 6.86. The molecule has 0 aliphatic heterocycles. The first kappa shape index (κ1) is 27.0. The lowest BCUT2D eigenvalue weighted by Crippen LogP contribution is -2.27. The summed E-state index contributed by atoms with van der Waals surface area (Å²) >= 11 is 0. The number of esters is 1. The van der Waals surface area contributed by atoms with Crippen LogP contribution in [0.15, 0.2) is 64.1 Å². The molecule has 2 aromatic carbocycles. The van der Waals surface area contributed by atoms with Crippen LogP contribution in [0, 0.1) is 6.92 Å². The van der Waals surface area contributed by atoms with Crippen LogP contribution >= 0.6 is 0 Å². The summed E-state index contributed by atoms with van der Waals surface area (Å²) in [6, 6.07) is 14.4. The van der Waals surface area contributed by atoms with E-state index in [0.29, 0.717) is 5.56 Å². The van der Waals surface area contributed by atoms with Crippen LogP contribution in [0.5, 0.6) is 0 Å². The summed E-state index contributed by atoms with van der Waals surface area (Å²) in [6.07, 6.45) is 0.905. The van der Waals surface area contributed by atoms with Crippen molar-refractivity contribution in [3.63, 3.8) is 0 Å². The van der Waals surface area contributed by atoms with Crippen LogP contribution in [0.3, 0.4) is 0 Å². The molecule has 184 valence electrons. The van der Waals surface area contributed by atoms with Crippen LogP contribution in [-0.4, -0.2) is 39.4 Å². The Bertz CT molecular complexity index is 1270. The highest BCUT2D eigenvalue weighted by molar-refractivity contribution is 6.24. The topological polar surface area (TPSA) is 149 Å². The van der Waals surface area contributed by atoms with Crippen LogP contribution in [0.1, 0.15) is 44.5 Å². The third-order valence-electron chi connectivity index (χ3n) is 4.82. The van der Waals surface area contributed by atoms with Crippen LogP contribution < -0.4 is 11.5 Å². The first-order valence-corrected chi connectivity index (χ1v) is 11.5. The van der Waals surface area contributed by atoms with Crippen molar-refractivity contribution >= 4 is 40.4 Å². The van der Waals surface area contributed by atoms with Crippen molar-refractivity contribution in [3.8, 4) is 0 Å². The van der Waals surface area contributed by atoms with Gasteiger partial charge in [-0.25, -0.2) is 14.8 Å². The fourth-order valence-electron chi connectivity index (χ4n) is 3.16. The molecular formula is C26H32N6O3. The van der Waals surface area contributed by atoms with Gasteiger partial charge in [-0.2, -0.15) is 9.98 Å². The molecule has 0 bridgehead atoms. The quantitative estimate of drug-likeness (QED) is 0.157. The molecule has 0 aliphatic carbocycles. The zero-order valence-corrected chi connectivity index (χ0v) is 20.7. The summed E-state index contributed by atoms with van der Waals surface area (Å²) in [5, 5.41) is 11.6. The lowest BCUT2D eigenvalue weighted by molar-refractivity contribution is -0.137. The summed E-state index contributed by atoms with van der Waals surface area (Å²) in [5.74, 6) is -1.74. The van der Waals surface area contributed by atoms with E-state index >= 15 is 0 Å². The Hall–Kier alpha value is -4.27. The summed E-state index contributed by atoms with van der Waals surface area (Å²) < 4.78 is 5.03. The number of guanidine groups is 1. The predicted molar refractivity (Wildman–Crippen MR) is 141 cm³/mol. The van der Waals surface area contributed by atoms with Crippen LogP contribution in [0.4, 0.5) is 5.95 Å². The van der Waals surface area contributed by atoms with Crippen LogP contribution in [0.2, 0.25) is 0 Å². The lowest BCUT2D eigenvalue weighted by atomic mass is 10.1. The Morgan fingerprint density at radius 3 is 2.37 bits per heavy atom. The Labute approximate surface area is 205 Å². The number of nitrogens with zero attached hydrogens (tertiary/aromatic N) is 4. The van der Waals surface area contributed by atoms with Crippen molar-refractivity contribution in [1.82, 2.24) is 9.97 Å². The largest absolute Gasteiger partial charge is 0.506 e. The number of aliphatic hydroxyl groups excluding tert-OH is 1. The van der Waals surface area contributed by atoms with Crippen LogP contribution in [-0.2, 0) is 16.0 Å². The highest BCUT2D eigenvalue weighted by Gasteiger charge is 2.22. The van der Waals surface area contributed by atoms with E-state index in [2.05, 4.69) is 26.9 Å². The highest BCUT2D eigenvalue weighted by atomic mass is 16.5. The first-order chi connectivity index (χ1) is 16.8. The van der Waals surface area contributed by atoms with Crippen molar-refractivity contribution < 1.29 is 14.6 Å². The average molecular weight is 477 g/mol. The molecule has 0 fully saturated rings. The Kier molecular flexibility index (Phi) is 9.89. The van der Waals surface area contributed by atoms with Crippen molar-refractivity contribution in [3.05, 3.63) is 70.9 Å². The molecule has 1 heterocycles. The smallest absolute Gasteiger partial charge is 0.345 e. The molecule has 0 atom stereocenters. The summed E-state index contributed by atoms with van der Waals surface area (Å²) in [6.45, 7) is 9.66. The maximum absolute atomic E-state index is 12.5. The molecule has 35 heavy (non-hydrogen) atoms. The van der Waals surface area contributed by atoms with Gasteiger partial charge < -0.3 is 21.3 Å². The summed E-state index contributed by atoms with van der Waals surface area (Å²) in [7, 11) is 0. The van der Waals surface area contributed by atoms with E-state index in [1.807, 2.05) is 39.0 Å². The van der Waals surface area contributed by atoms with Crippen LogP contribution in [0.25, 0.3) is 16.7 Å². The second kappa shape index (κ2) is 12.8. The van der Waals surface area contributed by atoms with Crippen molar-refractivity contribution in [2.45, 2.75) is 41.0 Å². The molecule has 0 aliphatic rings. The molecule has 3 rings (SSSR count). The van der Waals surface area contributed by atoms with Gasteiger partial charge >= 0.3 is 5.97 Å². The number of aromatic nitrogens is 2. The fraction of sp³-hybridized carbons (Fsp3) is 0.269. The number of fused-ring (bicyclic) bond motifs is 1. The van der Waals surface area contributed by atoms with Gasteiger partial charge in [0.25, 0.3) is 5.95 Å². The second-order valence-electron chi connectivity index (χ2n) is 7.09. The van der Waals surface area contributed by atoms with E-state index < -0.39 is 5.97 Å². The molecule has 9 nitrogen and oxygen atoms in total. The molecule has 1 aromatic heterocycles. The SMILES string of the molecule is CC.CCOC(=O)C(/C(N)=N/C(N)=N/c1nc(C)c2cc(CC)ccc2n1)=C(\O)c1ccccc1. The Morgan fingerprint density at radius 2 is 1.74 bits per heavy atom. The van der Waals surface area contributed by atoms with Gasteiger partial charge in [-0.15, -0.1) is 0 Å². The minimum Gasteiger partial charge on any atom is -0.506 e. The van der Waals surface area contributed by atoms with Crippen molar-refractivity contribution in [2.75, 3.05) is 6.61 Å². The molecule has 5 N–H and O–H groups in total. The Balaban J connectivity index is 0.00000210. The minimum absolute atomic E-state index is 0.0885. The molecule has 9 heteroatoms. The summed E-state index contributed by atoms with van der Waals surface area (Å²) in [4.78, 5) is 29.4. The number of hydrogen-bond donors (Lipinski definition) is 3. The highest BCUT2D eigenvalue weighted by Crippen LogP contribution is 2.21. The molecule has 0 spiro atoms. The normalized spacial score (nSPS) is 12.5. The number of benzene rings is 2. The van der Waals surface area contributed by atoms with E-state index in [-0.39, 0.29) is 35.7 Å². The molecule has 0 unspecified atom stereocenters. The van der Waals surface area contributed by atoms with Gasteiger partial charge in [-0.1, -0.05) is 57.2 Å². The Morgan fingerprint density at radius 1 is 1.06 bits per heavy atom. The summed E-state index contributed by atoms with van der Waals surface area (Å²) in [5.41, 5.74) is 14.7. The molecule has 0 amide bonds. The number of aryl methyl sites for hydroxylation is 2. The van der Waals surface area contributed by atoms with Gasteiger partial charge in [0, 0.05) is 10.9 Å². The number of amidine groups is 1. The van der Waals surface area contributed by atoms with E-state index in [9.17, 15) is 9.90 Å². The maximum Gasteiger partial charge on any atom is 0.345 e. The molecule has 0 saturated heterocycles. The number of rotatable bonds is 6. The zero-order chi connectivity index (χ0) is 26.0. The first-order valence-electron chi connectivity index (χ1n) is 11.5. The maximum atomic E-state index is 12.5. The number of aliphatic hydroxyl groups is 1. The molecular weight excluding hydrogens is 444 g/mol. The number of aliphatic imine (C=N–C) groups is 2. The third-order valence-corrected chi connectivity index (χ3v) is 4.82. The van der Waals surface area contributed by atoms with E-state index in [1.165, 1.54) is 5.56 Å². The standard InChI is InChI=1S/C24H26N6O3.C2H6/c1-4-15-11-12-18-17(13-15)14(3)27-24(28-18)30-23(26)29-21(25)19(22(32)33-5-2)20(31)16-9-7-6-8-10-16;1-2/h6-13,31H,4-5H2,1-3H3,(H4,25,26,27,28,29,30);1-2H3/b20-19-;. The monoisotopic (exact) mass is 476 g/mol. The number of hydrogen-bond acceptors (Lipinski definition) is 6. The number of ether oxygens (including phenoxy) is 1. The number of carbonyl (C=O) groups is 1. The van der Waals surface area contributed by atoms with Crippen molar-refractivity contribution in [1.29, 1.82) is 0 Å². The van der Waals surface area contributed by atoms with Gasteiger partial charge in [0.2, 0.25) is 5.96 Å². The lowest BCUT2D eigenvalue weighted by Gasteiger charge is -2.10. The minimum atomic E-state index is -0.836.